The number of amides is 1. The predicted octanol–water partition coefficient (Wildman–Crippen LogP) is 0.867. The number of hydrogen-bond donors (Lipinski definition) is 2. The van der Waals surface area contributed by atoms with E-state index >= 15 is 0 Å². The van der Waals surface area contributed by atoms with Gasteiger partial charge >= 0.3 is 0 Å². The molecule has 1 aliphatic heterocycles. The van der Waals surface area contributed by atoms with Crippen molar-refractivity contribution >= 4 is 23.5 Å². The Kier molecular flexibility index (Phi) is 5.45. The number of oxime groups is 1. The summed E-state index contributed by atoms with van der Waals surface area (Å²) in [4.78, 5) is 13.8. The third-order valence-electron chi connectivity index (χ3n) is 2.49. The van der Waals surface area contributed by atoms with E-state index in [0.717, 1.165) is 25.0 Å². The summed E-state index contributed by atoms with van der Waals surface area (Å²) in [6.45, 7) is 2.89. The molecule has 16 heavy (non-hydrogen) atoms. The summed E-state index contributed by atoms with van der Waals surface area (Å²) in [5.41, 5.74) is 5.44. The number of thioether (sulfide) groups is 1. The van der Waals surface area contributed by atoms with Crippen LogP contribution >= 0.6 is 11.8 Å². The summed E-state index contributed by atoms with van der Waals surface area (Å²) >= 11 is 1.70. The molecule has 1 amide bonds. The van der Waals surface area contributed by atoms with Crippen LogP contribution in [0.25, 0.3) is 0 Å². The standard InChI is InChI=1S/C10H19N3O2S/c1-2-5-13(7-9(11)12-15)10(14)8-4-3-6-16-8/h8,15H,2-7H2,1H3,(H2,11,12). The van der Waals surface area contributed by atoms with Crippen molar-refractivity contribution < 1.29 is 10.0 Å². The molecule has 1 fully saturated rings. The van der Waals surface area contributed by atoms with Crippen molar-refractivity contribution in [2.75, 3.05) is 18.8 Å². The SMILES string of the molecule is CCCN(CC(N)=NO)C(=O)C1CCCS1. The van der Waals surface area contributed by atoms with Crippen LogP contribution in [-0.4, -0.2) is 45.9 Å². The van der Waals surface area contributed by atoms with Crippen LogP contribution in [0, 0.1) is 0 Å². The number of nitrogens with two attached hydrogens (primary N) is 1. The van der Waals surface area contributed by atoms with Crippen LogP contribution < -0.4 is 5.73 Å². The fourth-order valence-electron chi connectivity index (χ4n) is 1.74. The molecule has 0 aromatic heterocycles. The fraction of sp³-hybridized carbons (Fsp3) is 0.800. The van der Waals surface area contributed by atoms with Crippen LogP contribution in [0.4, 0.5) is 0 Å². The van der Waals surface area contributed by atoms with Gasteiger partial charge in [-0.15, -0.1) is 11.8 Å². The van der Waals surface area contributed by atoms with Crippen LogP contribution in [0.2, 0.25) is 0 Å². The van der Waals surface area contributed by atoms with E-state index < -0.39 is 0 Å². The minimum atomic E-state index is 0.0676. The van der Waals surface area contributed by atoms with E-state index in [1.54, 1.807) is 16.7 Å². The fourth-order valence-corrected chi connectivity index (χ4v) is 2.98. The smallest absolute Gasteiger partial charge is 0.236 e. The minimum absolute atomic E-state index is 0.0676. The molecule has 5 nitrogen and oxygen atoms in total. The lowest BCUT2D eigenvalue weighted by Crippen LogP contribution is -2.42. The quantitative estimate of drug-likeness (QED) is 0.326. The van der Waals surface area contributed by atoms with Crippen molar-refractivity contribution in [3.05, 3.63) is 0 Å². The van der Waals surface area contributed by atoms with Crippen molar-refractivity contribution in [3.63, 3.8) is 0 Å². The Bertz CT molecular complexity index is 265. The van der Waals surface area contributed by atoms with E-state index in [4.69, 9.17) is 10.9 Å². The molecule has 0 aromatic rings. The molecule has 6 heteroatoms. The Morgan fingerprint density at radius 3 is 2.94 bits per heavy atom. The van der Waals surface area contributed by atoms with E-state index in [0.29, 0.717) is 6.54 Å². The van der Waals surface area contributed by atoms with Gasteiger partial charge in [-0.05, 0) is 25.0 Å². The molecule has 0 aromatic carbocycles. The van der Waals surface area contributed by atoms with Gasteiger partial charge < -0.3 is 15.8 Å². The van der Waals surface area contributed by atoms with E-state index in [-0.39, 0.29) is 23.5 Å². The molecule has 1 unspecified atom stereocenters. The van der Waals surface area contributed by atoms with Gasteiger partial charge in [-0.3, -0.25) is 4.79 Å². The molecule has 0 spiro atoms. The first-order valence-corrected chi connectivity index (χ1v) is 6.60. The number of hydrogen-bond acceptors (Lipinski definition) is 4. The summed E-state index contributed by atoms with van der Waals surface area (Å²) in [5.74, 6) is 1.26. The van der Waals surface area contributed by atoms with Crippen molar-refractivity contribution in [3.8, 4) is 0 Å². The average Bonchev–Trinajstić information content (AvgIpc) is 2.80. The van der Waals surface area contributed by atoms with Crippen molar-refractivity contribution in [1.82, 2.24) is 4.90 Å². The average molecular weight is 245 g/mol. The summed E-state index contributed by atoms with van der Waals surface area (Å²) in [5, 5.41) is 11.5. The molecule has 3 N–H and O–H groups in total. The molecular weight excluding hydrogens is 226 g/mol. The Labute approximate surface area is 100 Å². The van der Waals surface area contributed by atoms with Gasteiger partial charge in [-0.2, -0.15) is 0 Å². The molecule has 1 aliphatic rings. The zero-order valence-electron chi connectivity index (χ0n) is 9.56. The Morgan fingerprint density at radius 2 is 2.44 bits per heavy atom. The largest absolute Gasteiger partial charge is 0.409 e. The Hall–Kier alpha value is -0.910. The van der Waals surface area contributed by atoms with Gasteiger partial charge in [0.15, 0.2) is 5.84 Å². The lowest BCUT2D eigenvalue weighted by atomic mass is 10.2. The van der Waals surface area contributed by atoms with Gasteiger partial charge in [-0.1, -0.05) is 12.1 Å². The van der Waals surface area contributed by atoms with Crippen molar-refractivity contribution in [1.29, 1.82) is 0 Å². The lowest BCUT2D eigenvalue weighted by Gasteiger charge is -2.24. The van der Waals surface area contributed by atoms with Gasteiger partial charge in [0.05, 0.1) is 11.8 Å². The first kappa shape index (κ1) is 13.2. The van der Waals surface area contributed by atoms with Crippen LogP contribution in [0.5, 0.6) is 0 Å². The number of amidine groups is 1. The lowest BCUT2D eigenvalue weighted by molar-refractivity contribution is -0.129. The molecule has 0 bridgehead atoms. The van der Waals surface area contributed by atoms with Crippen LogP contribution in [0.15, 0.2) is 5.16 Å². The third kappa shape index (κ3) is 3.59. The second-order valence-electron chi connectivity index (χ2n) is 3.85. The summed E-state index contributed by atoms with van der Waals surface area (Å²) < 4.78 is 0. The summed E-state index contributed by atoms with van der Waals surface area (Å²) in [7, 11) is 0. The van der Waals surface area contributed by atoms with Gasteiger partial charge in [-0.25, -0.2) is 0 Å². The molecule has 0 saturated carbocycles. The highest BCUT2D eigenvalue weighted by Crippen LogP contribution is 2.27. The molecule has 1 saturated heterocycles. The van der Waals surface area contributed by atoms with Crippen LogP contribution in [-0.2, 0) is 4.79 Å². The molecule has 1 rings (SSSR count). The topological polar surface area (TPSA) is 78.9 Å². The Balaban J connectivity index is 2.57. The normalized spacial score (nSPS) is 21.1. The number of carbonyl (C=O) groups excluding carboxylic acids is 1. The first-order chi connectivity index (χ1) is 7.69. The zero-order valence-corrected chi connectivity index (χ0v) is 10.4. The molecule has 1 heterocycles. The van der Waals surface area contributed by atoms with Crippen LogP contribution in [0.1, 0.15) is 26.2 Å². The van der Waals surface area contributed by atoms with E-state index in [1.165, 1.54) is 0 Å². The van der Waals surface area contributed by atoms with Gasteiger partial charge in [0.2, 0.25) is 5.91 Å². The second-order valence-corrected chi connectivity index (χ2v) is 5.16. The highest BCUT2D eigenvalue weighted by molar-refractivity contribution is 8.00. The van der Waals surface area contributed by atoms with E-state index in [9.17, 15) is 4.79 Å². The molecule has 92 valence electrons. The maximum atomic E-state index is 12.1. The summed E-state index contributed by atoms with van der Waals surface area (Å²) in [6, 6.07) is 0. The van der Waals surface area contributed by atoms with Crippen LogP contribution in [0.3, 0.4) is 0 Å². The number of rotatable bonds is 5. The Morgan fingerprint density at radius 1 is 1.69 bits per heavy atom. The first-order valence-electron chi connectivity index (χ1n) is 5.55. The minimum Gasteiger partial charge on any atom is -0.409 e. The molecule has 0 aliphatic carbocycles. The van der Waals surface area contributed by atoms with E-state index in [2.05, 4.69) is 5.16 Å². The van der Waals surface area contributed by atoms with Crippen molar-refractivity contribution in [2.24, 2.45) is 10.9 Å². The van der Waals surface area contributed by atoms with Gasteiger partial charge in [0.25, 0.3) is 0 Å². The maximum absolute atomic E-state index is 12.1. The number of nitrogens with zero attached hydrogens (tertiary/aromatic N) is 2. The zero-order chi connectivity index (χ0) is 12.0. The highest BCUT2D eigenvalue weighted by Gasteiger charge is 2.27. The molecular formula is C10H19N3O2S. The van der Waals surface area contributed by atoms with Gasteiger partial charge in [0, 0.05) is 6.54 Å². The molecule has 0 radical (unpaired) electrons. The van der Waals surface area contributed by atoms with Gasteiger partial charge in [0.1, 0.15) is 0 Å². The third-order valence-corrected chi connectivity index (χ3v) is 3.86. The van der Waals surface area contributed by atoms with Crippen molar-refractivity contribution in [2.45, 2.75) is 31.4 Å². The predicted molar refractivity (Wildman–Crippen MR) is 65.8 cm³/mol. The highest BCUT2D eigenvalue weighted by atomic mass is 32.2. The second kappa shape index (κ2) is 6.62. The monoisotopic (exact) mass is 245 g/mol. The summed E-state index contributed by atoms with van der Waals surface area (Å²) in [6.07, 6.45) is 2.92. The van der Waals surface area contributed by atoms with E-state index in [1.807, 2.05) is 6.92 Å². The number of carbonyl (C=O) groups is 1. The molecule has 1 atom stereocenters. The maximum Gasteiger partial charge on any atom is 0.236 e.